The van der Waals surface area contributed by atoms with Gasteiger partial charge in [-0.05, 0) is 37.7 Å². The second kappa shape index (κ2) is 11.7. The number of halogens is 2. The van der Waals surface area contributed by atoms with Crippen LogP contribution >= 0.6 is 24.8 Å². The number of aryl methyl sites for hydroxylation is 1. The standard InChI is InChI=1S/C13H21BN2O4.2ClH/c15-13(12(17)18,7-2-3-9-14(19)20)8-6-11-5-1-4-10-16-11;;/h1,4-5,10,19-20H,2-3,6-9,15H2,(H,17,18);2*1H. The highest BCUT2D eigenvalue weighted by molar-refractivity contribution is 6.40. The lowest BCUT2D eigenvalue weighted by molar-refractivity contribution is -0.144. The molecule has 0 aliphatic heterocycles. The van der Waals surface area contributed by atoms with Crippen LogP contribution < -0.4 is 5.73 Å². The van der Waals surface area contributed by atoms with Gasteiger partial charge < -0.3 is 20.9 Å². The molecule has 126 valence electrons. The summed E-state index contributed by atoms with van der Waals surface area (Å²) in [7, 11) is -1.35. The molecule has 1 heterocycles. The van der Waals surface area contributed by atoms with Crippen molar-refractivity contribution >= 4 is 37.9 Å². The van der Waals surface area contributed by atoms with Gasteiger partial charge in [-0.3, -0.25) is 9.78 Å². The molecular formula is C13H23BCl2N2O4. The van der Waals surface area contributed by atoms with Crippen LogP contribution in [0.15, 0.2) is 24.4 Å². The van der Waals surface area contributed by atoms with Crippen LogP contribution in [0.2, 0.25) is 6.32 Å². The molecule has 0 radical (unpaired) electrons. The lowest BCUT2D eigenvalue weighted by Gasteiger charge is -2.24. The fourth-order valence-corrected chi connectivity index (χ4v) is 2.00. The molecular weight excluding hydrogens is 330 g/mol. The number of aromatic nitrogens is 1. The molecule has 1 atom stereocenters. The summed E-state index contributed by atoms with van der Waals surface area (Å²) in [4.78, 5) is 15.5. The Morgan fingerprint density at radius 2 is 1.91 bits per heavy atom. The van der Waals surface area contributed by atoms with Gasteiger partial charge in [-0.2, -0.15) is 0 Å². The molecule has 0 spiro atoms. The summed E-state index contributed by atoms with van der Waals surface area (Å²) in [6.07, 6.45) is 4.10. The highest BCUT2D eigenvalue weighted by Gasteiger charge is 2.33. The maximum absolute atomic E-state index is 11.3. The lowest BCUT2D eigenvalue weighted by atomic mass is 9.81. The van der Waals surface area contributed by atoms with Crippen molar-refractivity contribution in [1.82, 2.24) is 4.98 Å². The van der Waals surface area contributed by atoms with Crippen LogP contribution in [0.4, 0.5) is 0 Å². The third-order valence-corrected chi connectivity index (χ3v) is 3.31. The normalized spacial score (nSPS) is 12.5. The topological polar surface area (TPSA) is 117 Å². The number of aliphatic carboxylic acids is 1. The van der Waals surface area contributed by atoms with E-state index in [0.717, 1.165) is 5.69 Å². The minimum atomic E-state index is -1.35. The number of carboxylic acid groups (broad SMARTS) is 1. The van der Waals surface area contributed by atoms with E-state index >= 15 is 0 Å². The minimum absolute atomic E-state index is 0. The SMILES string of the molecule is Cl.Cl.NC(CCCCB(O)O)(CCc1ccccn1)C(=O)O. The van der Waals surface area contributed by atoms with Crippen molar-refractivity contribution in [2.75, 3.05) is 0 Å². The van der Waals surface area contributed by atoms with Gasteiger partial charge in [0.15, 0.2) is 0 Å². The van der Waals surface area contributed by atoms with Crippen molar-refractivity contribution in [3.8, 4) is 0 Å². The van der Waals surface area contributed by atoms with Crippen LogP contribution in [0.25, 0.3) is 0 Å². The summed E-state index contributed by atoms with van der Waals surface area (Å²) < 4.78 is 0. The van der Waals surface area contributed by atoms with Crippen LogP contribution in [-0.4, -0.2) is 38.8 Å². The van der Waals surface area contributed by atoms with Crippen LogP contribution in [0.1, 0.15) is 31.4 Å². The van der Waals surface area contributed by atoms with Crippen molar-refractivity contribution < 1.29 is 19.9 Å². The molecule has 0 aliphatic rings. The summed E-state index contributed by atoms with van der Waals surface area (Å²) >= 11 is 0. The molecule has 0 saturated heterocycles. The Balaban J connectivity index is 0. The fourth-order valence-electron chi connectivity index (χ4n) is 2.00. The summed E-state index contributed by atoms with van der Waals surface area (Å²) in [5.41, 5.74) is 5.47. The molecule has 1 rings (SSSR count). The predicted octanol–water partition coefficient (Wildman–Crippen LogP) is 1.28. The Labute approximate surface area is 143 Å². The summed E-state index contributed by atoms with van der Waals surface area (Å²) in [5, 5.41) is 26.8. The molecule has 0 saturated carbocycles. The molecule has 5 N–H and O–H groups in total. The number of hydrogen-bond donors (Lipinski definition) is 4. The molecule has 1 aromatic heterocycles. The van der Waals surface area contributed by atoms with E-state index in [0.29, 0.717) is 32.1 Å². The Bertz CT molecular complexity index is 426. The van der Waals surface area contributed by atoms with E-state index < -0.39 is 18.6 Å². The van der Waals surface area contributed by atoms with Gasteiger partial charge in [0, 0.05) is 11.9 Å². The first-order chi connectivity index (χ1) is 9.44. The number of nitrogens with zero attached hydrogens (tertiary/aromatic N) is 1. The number of rotatable bonds is 9. The van der Waals surface area contributed by atoms with E-state index in [1.54, 1.807) is 12.3 Å². The zero-order valence-electron chi connectivity index (χ0n) is 12.2. The lowest BCUT2D eigenvalue weighted by Crippen LogP contribution is -2.48. The zero-order valence-corrected chi connectivity index (χ0v) is 13.9. The third kappa shape index (κ3) is 8.55. The van der Waals surface area contributed by atoms with Gasteiger partial charge >= 0.3 is 13.1 Å². The minimum Gasteiger partial charge on any atom is -0.480 e. The van der Waals surface area contributed by atoms with E-state index in [1.165, 1.54) is 0 Å². The number of carboxylic acids is 1. The molecule has 0 aromatic carbocycles. The van der Waals surface area contributed by atoms with Gasteiger partial charge in [0.2, 0.25) is 0 Å². The first-order valence-corrected chi connectivity index (χ1v) is 6.72. The maximum atomic E-state index is 11.3. The van der Waals surface area contributed by atoms with E-state index in [4.69, 9.17) is 15.8 Å². The fraction of sp³-hybridized carbons (Fsp3) is 0.538. The second-order valence-corrected chi connectivity index (χ2v) is 5.01. The van der Waals surface area contributed by atoms with E-state index in [-0.39, 0.29) is 31.1 Å². The number of hydrogen-bond acceptors (Lipinski definition) is 5. The summed E-state index contributed by atoms with van der Waals surface area (Å²) in [6.45, 7) is 0. The molecule has 22 heavy (non-hydrogen) atoms. The van der Waals surface area contributed by atoms with Gasteiger partial charge in [-0.25, -0.2) is 0 Å². The third-order valence-electron chi connectivity index (χ3n) is 3.31. The first kappa shape index (κ1) is 23.4. The van der Waals surface area contributed by atoms with E-state index in [1.807, 2.05) is 12.1 Å². The smallest absolute Gasteiger partial charge is 0.451 e. The molecule has 0 bridgehead atoms. The monoisotopic (exact) mass is 352 g/mol. The van der Waals surface area contributed by atoms with Gasteiger partial charge in [-0.15, -0.1) is 24.8 Å². The number of nitrogens with two attached hydrogens (primary N) is 1. The highest BCUT2D eigenvalue weighted by Crippen LogP contribution is 2.19. The Morgan fingerprint density at radius 1 is 1.23 bits per heavy atom. The average Bonchev–Trinajstić information content (AvgIpc) is 2.42. The Hall–Kier alpha value is -0.855. The van der Waals surface area contributed by atoms with Crippen molar-refractivity contribution in [3.05, 3.63) is 30.1 Å². The van der Waals surface area contributed by atoms with Crippen molar-refractivity contribution in [2.24, 2.45) is 5.73 Å². The van der Waals surface area contributed by atoms with Crippen LogP contribution in [-0.2, 0) is 11.2 Å². The summed E-state index contributed by atoms with van der Waals surface area (Å²) in [6, 6.07) is 5.49. The average molecular weight is 353 g/mol. The van der Waals surface area contributed by atoms with E-state index in [2.05, 4.69) is 4.98 Å². The molecule has 0 amide bonds. The molecule has 6 nitrogen and oxygen atoms in total. The first-order valence-electron chi connectivity index (χ1n) is 6.72. The highest BCUT2D eigenvalue weighted by atomic mass is 35.5. The van der Waals surface area contributed by atoms with Crippen LogP contribution in [0.5, 0.6) is 0 Å². The van der Waals surface area contributed by atoms with Crippen molar-refractivity contribution in [2.45, 2.75) is 44.0 Å². The number of unbranched alkanes of at least 4 members (excludes halogenated alkanes) is 1. The van der Waals surface area contributed by atoms with Crippen LogP contribution in [0, 0.1) is 0 Å². The van der Waals surface area contributed by atoms with Gasteiger partial charge in [0.05, 0.1) is 0 Å². The number of pyridine rings is 1. The van der Waals surface area contributed by atoms with Gasteiger partial charge in [-0.1, -0.05) is 18.9 Å². The number of carbonyl (C=O) groups is 1. The largest absolute Gasteiger partial charge is 0.480 e. The molecule has 9 heteroatoms. The second-order valence-electron chi connectivity index (χ2n) is 5.01. The maximum Gasteiger partial charge on any atom is 0.451 e. The van der Waals surface area contributed by atoms with Gasteiger partial charge in [0.25, 0.3) is 0 Å². The van der Waals surface area contributed by atoms with Gasteiger partial charge in [0.1, 0.15) is 5.54 Å². The van der Waals surface area contributed by atoms with Crippen molar-refractivity contribution in [3.63, 3.8) is 0 Å². The predicted molar refractivity (Wildman–Crippen MR) is 90.5 cm³/mol. The Kier molecular flexibility index (Phi) is 12.4. The molecule has 1 unspecified atom stereocenters. The molecule has 1 aromatic rings. The summed E-state index contributed by atoms with van der Waals surface area (Å²) in [5.74, 6) is -1.03. The molecule has 0 fully saturated rings. The quantitative estimate of drug-likeness (QED) is 0.393. The van der Waals surface area contributed by atoms with Crippen molar-refractivity contribution in [1.29, 1.82) is 0 Å². The molecule has 0 aliphatic carbocycles. The Morgan fingerprint density at radius 3 is 2.41 bits per heavy atom. The van der Waals surface area contributed by atoms with E-state index in [9.17, 15) is 9.90 Å². The zero-order chi connectivity index (χ0) is 15.0. The van der Waals surface area contributed by atoms with Crippen LogP contribution in [0.3, 0.4) is 0 Å².